The van der Waals surface area contributed by atoms with Crippen molar-refractivity contribution in [1.82, 2.24) is 0 Å². The van der Waals surface area contributed by atoms with Gasteiger partial charge in [0.15, 0.2) is 0 Å². The summed E-state index contributed by atoms with van der Waals surface area (Å²) in [6, 6.07) is 4.22. The van der Waals surface area contributed by atoms with E-state index in [1.54, 1.807) is 6.07 Å². The third kappa shape index (κ3) is 1.62. The standard InChI is InChI=1S/C13H14ClNOS/c14-10-4-11(17-6-10)12(16)13(7-15)5-8-1-2-9(13)3-8/h4,6,8-9,12,16H,1-3,5H2. The summed E-state index contributed by atoms with van der Waals surface area (Å²) < 4.78 is 0. The largest absolute Gasteiger partial charge is 0.386 e. The van der Waals surface area contributed by atoms with Gasteiger partial charge in [0.2, 0.25) is 0 Å². The van der Waals surface area contributed by atoms with Gasteiger partial charge in [-0.3, -0.25) is 0 Å². The highest BCUT2D eigenvalue weighted by Gasteiger charge is 2.56. The highest BCUT2D eigenvalue weighted by molar-refractivity contribution is 7.10. The minimum absolute atomic E-state index is 0.369. The number of hydrogen-bond acceptors (Lipinski definition) is 3. The SMILES string of the molecule is N#CC1(C(O)c2cc(Cl)cs2)CC2CCC1C2. The second kappa shape index (κ2) is 3.98. The smallest absolute Gasteiger partial charge is 0.107 e. The van der Waals surface area contributed by atoms with Crippen molar-refractivity contribution < 1.29 is 5.11 Å². The fourth-order valence-corrected chi connectivity index (χ4v) is 4.80. The number of rotatable bonds is 2. The number of nitriles is 1. The normalized spacial score (nSPS) is 37.0. The topological polar surface area (TPSA) is 44.0 Å². The van der Waals surface area contributed by atoms with Gasteiger partial charge in [-0.05, 0) is 37.2 Å². The maximum atomic E-state index is 10.5. The molecule has 0 aliphatic heterocycles. The summed E-state index contributed by atoms with van der Waals surface area (Å²) in [5, 5.41) is 22.5. The van der Waals surface area contributed by atoms with Crippen molar-refractivity contribution in [2.24, 2.45) is 17.3 Å². The molecule has 0 aromatic carbocycles. The number of halogens is 1. The monoisotopic (exact) mass is 267 g/mol. The highest BCUT2D eigenvalue weighted by atomic mass is 35.5. The maximum absolute atomic E-state index is 10.5. The summed E-state index contributed by atoms with van der Waals surface area (Å²) in [5.74, 6) is 1.01. The molecular formula is C13H14ClNOS. The van der Waals surface area contributed by atoms with E-state index in [-0.39, 0.29) is 0 Å². The molecule has 90 valence electrons. The molecule has 0 amide bonds. The van der Waals surface area contributed by atoms with E-state index >= 15 is 0 Å². The van der Waals surface area contributed by atoms with Crippen LogP contribution in [0.2, 0.25) is 5.02 Å². The molecule has 1 N–H and O–H groups in total. The molecule has 2 aliphatic carbocycles. The first kappa shape index (κ1) is 11.5. The number of aliphatic hydroxyl groups excluding tert-OH is 1. The first-order chi connectivity index (χ1) is 8.15. The van der Waals surface area contributed by atoms with Gasteiger partial charge in [-0.2, -0.15) is 5.26 Å². The summed E-state index contributed by atoms with van der Waals surface area (Å²) in [4.78, 5) is 0.837. The van der Waals surface area contributed by atoms with Crippen molar-refractivity contribution in [3.05, 3.63) is 21.3 Å². The molecule has 4 heteroatoms. The Hall–Kier alpha value is -0.560. The molecule has 1 aromatic rings. The molecule has 2 fully saturated rings. The van der Waals surface area contributed by atoms with Gasteiger partial charge < -0.3 is 5.11 Å². The zero-order valence-corrected chi connectivity index (χ0v) is 11.0. The van der Waals surface area contributed by atoms with E-state index in [0.29, 0.717) is 16.9 Å². The van der Waals surface area contributed by atoms with Gasteiger partial charge in [0.1, 0.15) is 6.10 Å². The Kier molecular flexibility index (Phi) is 2.70. The van der Waals surface area contributed by atoms with E-state index in [0.717, 1.165) is 24.1 Å². The van der Waals surface area contributed by atoms with Crippen molar-refractivity contribution in [3.8, 4) is 6.07 Å². The quantitative estimate of drug-likeness (QED) is 0.887. The van der Waals surface area contributed by atoms with Crippen LogP contribution in [0.25, 0.3) is 0 Å². The van der Waals surface area contributed by atoms with Gasteiger partial charge in [0.05, 0.1) is 16.5 Å². The Morgan fingerprint density at radius 3 is 2.88 bits per heavy atom. The number of thiophene rings is 1. The number of fused-ring (bicyclic) bond motifs is 2. The minimum atomic E-state index is -0.666. The first-order valence-electron chi connectivity index (χ1n) is 5.99. The molecule has 2 nitrogen and oxygen atoms in total. The molecule has 2 bridgehead atoms. The Morgan fingerprint density at radius 2 is 2.41 bits per heavy atom. The lowest BCUT2D eigenvalue weighted by molar-refractivity contribution is 0.0259. The van der Waals surface area contributed by atoms with Crippen molar-refractivity contribution >= 4 is 22.9 Å². The molecule has 0 saturated heterocycles. The van der Waals surface area contributed by atoms with E-state index in [4.69, 9.17) is 11.6 Å². The van der Waals surface area contributed by atoms with E-state index in [1.165, 1.54) is 17.8 Å². The van der Waals surface area contributed by atoms with Gasteiger partial charge in [-0.1, -0.05) is 18.0 Å². The van der Waals surface area contributed by atoms with Crippen LogP contribution in [0, 0.1) is 28.6 Å². The number of nitrogens with zero attached hydrogens (tertiary/aromatic N) is 1. The number of hydrogen-bond donors (Lipinski definition) is 1. The number of aliphatic hydroxyl groups is 1. The average molecular weight is 268 g/mol. The lowest BCUT2D eigenvalue weighted by Crippen LogP contribution is -2.32. The summed E-state index contributed by atoms with van der Waals surface area (Å²) in [7, 11) is 0. The van der Waals surface area contributed by atoms with E-state index in [9.17, 15) is 10.4 Å². The van der Waals surface area contributed by atoms with Crippen LogP contribution in [0.15, 0.2) is 11.4 Å². The van der Waals surface area contributed by atoms with Crippen LogP contribution in [0.5, 0.6) is 0 Å². The van der Waals surface area contributed by atoms with Crippen LogP contribution >= 0.6 is 22.9 Å². The van der Waals surface area contributed by atoms with E-state index in [2.05, 4.69) is 6.07 Å². The van der Waals surface area contributed by atoms with Crippen LogP contribution in [0.1, 0.15) is 36.7 Å². The van der Waals surface area contributed by atoms with E-state index < -0.39 is 11.5 Å². The fraction of sp³-hybridized carbons (Fsp3) is 0.615. The Labute approximate surface area is 110 Å². The molecule has 3 rings (SSSR count). The lowest BCUT2D eigenvalue weighted by Gasteiger charge is -2.34. The predicted octanol–water partition coefficient (Wildman–Crippen LogP) is 3.76. The molecule has 2 aliphatic rings. The summed E-state index contributed by atoms with van der Waals surface area (Å²) in [6.07, 6.45) is 3.62. The first-order valence-corrected chi connectivity index (χ1v) is 7.25. The molecule has 1 heterocycles. The molecular weight excluding hydrogens is 254 g/mol. The van der Waals surface area contributed by atoms with Gasteiger partial charge >= 0.3 is 0 Å². The molecule has 17 heavy (non-hydrogen) atoms. The van der Waals surface area contributed by atoms with Crippen molar-refractivity contribution in [3.63, 3.8) is 0 Å². The van der Waals surface area contributed by atoms with Crippen LogP contribution in [-0.2, 0) is 0 Å². The van der Waals surface area contributed by atoms with Crippen molar-refractivity contribution in [2.75, 3.05) is 0 Å². The molecule has 0 radical (unpaired) electrons. The van der Waals surface area contributed by atoms with Gasteiger partial charge in [-0.15, -0.1) is 11.3 Å². The second-order valence-corrected chi connectivity index (χ2v) is 6.68. The molecule has 4 atom stereocenters. The van der Waals surface area contributed by atoms with Gasteiger partial charge in [-0.25, -0.2) is 0 Å². The Balaban J connectivity index is 1.94. The zero-order valence-electron chi connectivity index (χ0n) is 9.40. The second-order valence-electron chi connectivity index (χ2n) is 5.30. The third-order valence-electron chi connectivity index (χ3n) is 4.45. The maximum Gasteiger partial charge on any atom is 0.107 e. The van der Waals surface area contributed by atoms with Gasteiger partial charge in [0.25, 0.3) is 0 Å². The molecule has 4 unspecified atom stereocenters. The van der Waals surface area contributed by atoms with Crippen LogP contribution in [-0.4, -0.2) is 5.11 Å². The summed E-state index contributed by atoms with van der Waals surface area (Å²) in [5.41, 5.74) is -0.558. The van der Waals surface area contributed by atoms with Crippen LogP contribution in [0.4, 0.5) is 0 Å². The zero-order chi connectivity index (χ0) is 12.0. The molecule has 0 spiro atoms. The van der Waals surface area contributed by atoms with Crippen LogP contribution in [0.3, 0.4) is 0 Å². The van der Waals surface area contributed by atoms with Crippen molar-refractivity contribution in [1.29, 1.82) is 5.26 Å². The summed E-state index contributed by atoms with van der Waals surface area (Å²) >= 11 is 7.35. The summed E-state index contributed by atoms with van der Waals surface area (Å²) in [6.45, 7) is 0. The van der Waals surface area contributed by atoms with Gasteiger partial charge in [0, 0.05) is 10.3 Å². The van der Waals surface area contributed by atoms with Crippen molar-refractivity contribution in [2.45, 2.75) is 31.8 Å². The highest BCUT2D eigenvalue weighted by Crippen LogP contribution is 2.61. The lowest BCUT2D eigenvalue weighted by atomic mass is 9.70. The predicted molar refractivity (Wildman–Crippen MR) is 67.8 cm³/mol. The third-order valence-corrected chi connectivity index (χ3v) is 5.78. The minimum Gasteiger partial charge on any atom is -0.386 e. The Morgan fingerprint density at radius 1 is 1.59 bits per heavy atom. The average Bonchev–Trinajstić information content (AvgIpc) is 3.02. The molecule has 1 aromatic heterocycles. The fourth-order valence-electron chi connectivity index (χ4n) is 3.63. The molecule has 2 saturated carbocycles. The Bertz CT molecular complexity index is 480. The van der Waals surface area contributed by atoms with Crippen LogP contribution < -0.4 is 0 Å². The van der Waals surface area contributed by atoms with E-state index in [1.807, 2.05) is 5.38 Å².